The minimum absolute atomic E-state index is 0.635. The van der Waals surface area contributed by atoms with Crippen molar-refractivity contribution >= 4 is 16.6 Å². The minimum Gasteiger partial charge on any atom is -0.497 e. The van der Waals surface area contributed by atoms with E-state index < -0.39 is 0 Å². The molecule has 20 heavy (non-hydrogen) atoms. The van der Waals surface area contributed by atoms with Crippen LogP contribution in [0.4, 0.5) is 5.82 Å². The van der Waals surface area contributed by atoms with Crippen LogP contribution in [0.5, 0.6) is 5.75 Å². The number of anilines is 1. The Morgan fingerprint density at radius 1 is 1.25 bits per heavy atom. The molecule has 0 amide bonds. The first-order chi connectivity index (χ1) is 9.81. The molecule has 0 saturated carbocycles. The number of fused-ring (bicyclic) bond motifs is 1. The number of aromatic nitrogens is 1. The summed E-state index contributed by atoms with van der Waals surface area (Å²) >= 11 is 0. The number of rotatable bonds is 3. The summed E-state index contributed by atoms with van der Waals surface area (Å²) in [5.41, 5.74) is 0. The highest BCUT2D eigenvalue weighted by atomic mass is 16.5. The molecule has 1 aliphatic rings. The maximum atomic E-state index is 5.34. The summed E-state index contributed by atoms with van der Waals surface area (Å²) in [6, 6.07) is 8.87. The molecule has 0 unspecified atom stereocenters. The number of ether oxygens (including phenoxy) is 1. The molecule has 1 aromatic carbocycles. The summed E-state index contributed by atoms with van der Waals surface area (Å²) in [5.74, 6) is 1.97. The average Bonchev–Trinajstić information content (AvgIpc) is 2.54. The number of benzene rings is 1. The van der Waals surface area contributed by atoms with Crippen LogP contribution in [-0.2, 0) is 0 Å². The fourth-order valence-electron chi connectivity index (χ4n) is 2.89. The maximum Gasteiger partial charge on any atom is 0.136 e. The second kappa shape index (κ2) is 5.67. The topological polar surface area (TPSA) is 37.4 Å². The molecule has 1 fully saturated rings. The van der Waals surface area contributed by atoms with Crippen LogP contribution in [-0.4, -0.2) is 38.3 Å². The molecule has 2 heterocycles. The standard InChI is InChI=1S/C16H21N3O/c1-17-13-6-9-19(10-7-13)16-15-11-14(20-2)4-3-12(15)5-8-18-16/h3-5,8,11,13,17H,6-7,9-10H2,1-2H3. The fourth-order valence-corrected chi connectivity index (χ4v) is 2.89. The lowest BCUT2D eigenvalue weighted by Gasteiger charge is -2.33. The highest BCUT2D eigenvalue weighted by Gasteiger charge is 2.20. The highest BCUT2D eigenvalue weighted by Crippen LogP contribution is 2.29. The van der Waals surface area contributed by atoms with Crippen LogP contribution in [0.2, 0.25) is 0 Å². The van der Waals surface area contributed by atoms with Crippen molar-refractivity contribution in [3.63, 3.8) is 0 Å². The van der Waals surface area contributed by atoms with Crippen molar-refractivity contribution in [3.8, 4) is 5.75 Å². The zero-order valence-corrected chi connectivity index (χ0v) is 12.1. The van der Waals surface area contributed by atoms with Gasteiger partial charge in [-0.2, -0.15) is 0 Å². The molecule has 0 aliphatic carbocycles. The van der Waals surface area contributed by atoms with Gasteiger partial charge in [0, 0.05) is 30.7 Å². The summed E-state index contributed by atoms with van der Waals surface area (Å²) in [6.45, 7) is 2.10. The lowest BCUT2D eigenvalue weighted by Crippen LogP contribution is -2.41. The summed E-state index contributed by atoms with van der Waals surface area (Å²) < 4.78 is 5.34. The van der Waals surface area contributed by atoms with Gasteiger partial charge in [-0.3, -0.25) is 0 Å². The predicted octanol–water partition coefficient (Wildman–Crippen LogP) is 2.43. The summed E-state index contributed by atoms with van der Waals surface area (Å²) in [4.78, 5) is 6.99. The third-order valence-electron chi connectivity index (χ3n) is 4.16. The molecule has 1 aromatic heterocycles. The predicted molar refractivity (Wildman–Crippen MR) is 82.6 cm³/mol. The number of nitrogens with zero attached hydrogens (tertiary/aromatic N) is 2. The molecule has 3 rings (SSSR count). The normalized spacial score (nSPS) is 16.6. The van der Waals surface area contributed by atoms with E-state index in [-0.39, 0.29) is 0 Å². The van der Waals surface area contributed by atoms with Gasteiger partial charge in [0.25, 0.3) is 0 Å². The Kier molecular flexibility index (Phi) is 3.74. The Labute approximate surface area is 119 Å². The molecule has 1 N–H and O–H groups in total. The molecule has 0 atom stereocenters. The molecule has 0 spiro atoms. The van der Waals surface area contributed by atoms with Crippen LogP contribution >= 0.6 is 0 Å². The Morgan fingerprint density at radius 3 is 2.75 bits per heavy atom. The number of hydrogen-bond acceptors (Lipinski definition) is 4. The fraction of sp³-hybridized carbons (Fsp3) is 0.438. The van der Waals surface area contributed by atoms with Gasteiger partial charge in [-0.25, -0.2) is 4.98 Å². The lowest BCUT2D eigenvalue weighted by atomic mass is 10.0. The van der Waals surface area contributed by atoms with E-state index in [1.165, 1.54) is 23.6 Å². The van der Waals surface area contributed by atoms with Crippen molar-refractivity contribution < 1.29 is 4.74 Å². The number of nitrogens with one attached hydrogen (secondary N) is 1. The summed E-state index contributed by atoms with van der Waals surface area (Å²) in [5, 5.41) is 5.75. The van der Waals surface area contributed by atoms with Gasteiger partial charge in [0.1, 0.15) is 11.6 Å². The third-order valence-corrected chi connectivity index (χ3v) is 4.16. The van der Waals surface area contributed by atoms with E-state index >= 15 is 0 Å². The van der Waals surface area contributed by atoms with Gasteiger partial charge >= 0.3 is 0 Å². The second-order valence-electron chi connectivity index (χ2n) is 5.27. The summed E-state index contributed by atoms with van der Waals surface area (Å²) in [7, 11) is 3.75. The first kappa shape index (κ1) is 13.2. The second-order valence-corrected chi connectivity index (χ2v) is 5.27. The molecule has 0 radical (unpaired) electrons. The van der Waals surface area contributed by atoms with Crippen LogP contribution in [0.25, 0.3) is 10.8 Å². The first-order valence-corrected chi connectivity index (χ1v) is 7.17. The van der Waals surface area contributed by atoms with Crippen molar-refractivity contribution in [3.05, 3.63) is 30.5 Å². The Hall–Kier alpha value is -1.81. The van der Waals surface area contributed by atoms with E-state index in [1.54, 1.807) is 7.11 Å². The molecule has 106 valence electrons. The van der Waals surface area contributed by atoms with E-state index in [9.17, 15) is 0 Å². The van der Waals surface area contributed by atoms with Gasteiger partial charge in [-0.05, 0) is 43.5 Å². The first-order valence-electron chi connectivity index (χ1n) is 7.17. The van der Waals surface area contributed by atoms with Gasteiger partial charge < -0.3 is 15.0 Å². The van der Waals surface area contributed by atoms with E-state index in [2.05, 4.69) is 33.4 Å². The molecule has 0 bridgehead atoms. The smallest absolute Gasteiger partial charge is 0.136 e. The van der Waals surface area contributed by atoms with Gasteiger partial charge in [0.2, 0.25) is 0 Å². The molecular weight excluding hydrogens is 250 g/mol. The Bertz CT molecular complexity index is 591. The van der Waals surface area contributed by atoms with E-state index in [1.807, 2.05) is 19.3 Å². The number of methoxy groups -OCH3 is 1. The molecule has 2 aromatic rings. The summed E-state index contributed by atoms with van der Waals surface area (Å²) in [6.07, 6.45) is 4.23. The molecule has 1 aliphatic heterocycles. The van der Waals surface area contributed by atoms with Crippen LogP contribution in [0.15, 0.2) is 30.5 Å². The third kappa shape index (κ3) is 2.43. The van der Waals surface area contributed by atoms with E-state index in [0.717, 1.165) is 24.7 Å². The maximum absolute atomic E-state index is 5.34. The van der Waals surface area contributed by atoms with E-state index in [4.69, 9.17) is 4.74 Å². The zero-order chi connectivity index (χ0) is 13.9. The van der Waals surface area contributed by atoms with E-state index in [0.29, 0.717) is 6.04 Å². The van der Waals surface area contributed by atoms with Crippen LogP contribution in [0.1, 0.15) is 12.8 Å². The average molecular weight is 271 g/mol. The zero-order valence-electron chi connectivity index (χ0n) is 12.1. The van der Waals surface area contributed by atoms with Gasteiger partial charge in [-0.15, -0.1) is 0 Å². The molecular formula is C16H21N3O. The quantitative estimate of drug-likeness (QED) is 0.930. The largest absolute Gasteiger partial charge is 0.497 e. The Balaban J connectivity index is 1.94. The van der Waals surface area contributed by atoms with Gasteiger partial charge in [0.05, 0.1) is 7.11 Å². The Morgan fingerprint density at radius 2 is 2.05 bits per heavy atom. The number of hydrogen-bond donors (Lipinski definition) is 1. The van der Waals surface area contributed by atoms with Crippen molar-refractivity contribution in [1.82, 2.24) is 10.3 Å². The highest BCUT2D eigenvalue weighted by molar-refractivity contribution is 5.93. The van der Waals surface area contributed by atoms with Crippen LogP contribution in [0, 0.1) is 0 Å². The van der Waals surface area contributed by atoms with Crippen LogP contribution < -0.4 is 15.0 Å². The monoisotopic (exact) mass is 271 g/mol. The van der Waals surface area contributed by atoms with Crippen molar-refractivity contribution in [2.75, 3.05) is 32.1 Å². The molecule has 4 heteroatoms. The molecule has 4 nitrogen and oxygen atoms in total. The van der Waals surface area contributed by atoms with Gasteiger partial charge in [0.15, 0.2) is 0 Å². The van der Waals surface area contributed by atoms with Gasteiger partial charge in [-0.1, -0.05) is 6.07 Å². The van der Waals surface area contributed by atoms with Crippen molar-refractivity contribution in [2.24, 2.45) is 0 Å². The minimum atomic E-state index is 0.635. The van der Waals surface area contributed by atoms with Crippen LogP contribution in [0.3, 0.4) is 0 Å². The SMILES string of the molecule is CNC1CCN(c2nccc3ccc(OC)cc23)CC1. The number of pyridine rings is 1. The lowest BCUT2D eigenvalue weighted by molar-refractivity contribution is 0.415. The van der Waals surface area contributed by atoms with Crippen molar-refractivity contribution in [1.29, 1.82) is 0 Å². The van der Waals surface area contributed by atoms with Crippen molar-refractivity contribution in [2.45, 2.75) is 18.9 Å². The number of piperidine rings is 1. The molecule has 1 saturated heterocycles.